The van der Waals surface area contributed by atoms with Gasteiger partial charge in [0, 0.05) is 12.5 Å². The van der Waals surface area contributed by atoms with Gasteiger partial charge in [0.15, 0.2) is 5.13 Å². The average molecular weight is 241 g/mol. The Labute approximate surface area is 97.7 Å². The number of aliphatic hydroxyl groups is 1. The number of aryl methyl sites for hydroxylation is 1. The second kappa shape index (κ2) is 4.48. The minimum absolute atomic E-state index is 0.0649. The number of nitrogens with one attached hydrogen (secondary N) is 1. The summed E-state index contributed by atoms with van der Waals surface area (Å²) < 4.78 is 0. The fourth-order valence-electron chi connectivity index (χ4n) is 1.69. The molecular formula is C10H15N3O2S. The van der Waals surface area contributed by atoms with Gasteiger partial charge in [0.05, 0.1) is 10.6 Å². The highest BCUT2D eigenvalue weighted by molar-refractivity contribution is 7.16. The number of aliphatic hydroxyl groups excluding tert-OH is 1. The molecule has 2 unspecified atom stereocenters. The van der Waals surface area contributed by atoms with Gasteiger partial charge in [-0.05, 0) is 12.8 Å². The minimum Gasteiger partial charge on any atom is -0.386 e. The molecule has 1 aromatic rings. The fourth-order valence-corrected chi connectivity index (χ4v) is 2.78. The van der Waals surface area contributed by atoms with E-state index in [1.807, 2.05) is 0 Å². The monoisotopic (exact) mass is 241 g/mol. The van der Waals surface area contributed by atoms with Crippen LogP contribution in [0, 0.1) is 0 Å². The summed E-state index contributed by atoms with van der Waals surface area (Å²) >= 11 is 1.32. The van der Waals surface area contributed by atoms with Crippen LogP contribution >= 0.6 is 11.3 Å². The van der Waals surface area contributed by atoms with Crippen molar-refractivity contribution in [3.8, 4) is 0 Å². The summed E-state index contributed by atoms with van der Waals surface area (Å²) in [6, 6.07) is -0.220. The smallest absolute Gasteiger partial charge is 0.225 e. The van der Waals surface area contributed by atoms with E-state index >= 15 is 0 Å². The van der Waals surface area contributed by atoms with E-state index in [1.165, 1.54) is 11.3 Å². The number of fused-ring (bicyclic) bond motifs is 1. The molecule has 0 aromatic carbocycles. The van der Waals surface area contributed by atoms with Crippen LogP contribution < -0.4 is 11.1 Å². The van der Waals surface area contributed by atoms with Gasteiger partial charge < -0.3 is 16.2 Å². The van der Waals surface area contributed by atoms with E-state index in [2.05, 4.69) is 10.3 Å². The number of anilines is 1. The summed E-state index contributed by atoms with van der Waals surface area (Å²) in [5.41, 5.74) is 6.64. The molecule has 2 rings (SSSR count). The lowest BCUT2D eigenvalue weighted by Crippen LogP contribution is -2.32. The third-order valence-corrected chi connectivity index (χ3v) is 3.77. The van der Waals surface area contributed by atoms with Crippen LogP contribution in [0.3, 0.4) is 0 Å². The standard InChI is InChI=1S/C10H15N3O2S/c1-2-7(14)13-10-12-6-4-3-5(11)8(15)9(6)16-10/h5,8,15H,2-4,11H2,1H3,(H,12,13,14). The van der Waals surface area contributed by atoms with Crippen LogP contribution in [0.15, 0.2) is 0 Å². The first-order chi connectivity index (χ1) is 7.61. The molecule has 0 radical (unpaired) electrons. The Bertz CT molecular complexity index is 405. The molecule has 4 N–H and O–H groups in total. The molecule has 1 aliphatic carbocycles. The van der Waals surface area contributed by atoms with Gasteiger partial charge in [-0.1, -0.05) is 18.3 Å². The SMILES string of the molecule is CCC(=O)Nc1nc2c(s1)C(O)C(N)CC2. The molecule has 2 atom stereocenters. The first-order valence-electron chi connectivity index (χ1n) is 5.35. The lowest BCUT2D eigenvalue weighted by atomic mass is 9.96. The van der Waals surface area contributed by atoms with Gasteiger partial charge in [-0.3, -0.25) is 4.79 Å². The van der Waals surface area contributed by atoms with E-state index in [-0.39, 0.29) is 11.9 Å². The highest BCUT2D eigenvalue weighted by Crippen LogP contribution is 2.35. The van der Waals surface area contributed by atoms with Crippen molar-refractivity contribution in [2.45, 2.75) is 38.3 Å². The number of carbonyl (C=O) groups is 1. The Morgan fingerprint density at radius 2 is 2.50 bits per heavy atom. The van der Waals surface area contributed by atoms with Crippen LogP contribution in [0.25, 0.3) is 0 Å². The number of carbonyl (C=O) groups excluding carboxylic acids is 1. The van der Waals surface area contributed by atoms with Gasteiger partial charge in [0.1, 0.15) is 6.10 Å². The Morgan fingerprint density at radius 1 is 1.75 bits per heavy atom. The fraction of sp³-hybridized carbons (Fsp3) is 0.600. The van der Waals surface area contributed by atoms with E-state index in [0.717, 1.165) is 23.4 Å². The highest BCUT2D eigenvalue weighted by atomic mass is 32.1. The topological polar surface area (TPSA) is 88.2 Å². The van der Waals surface area contributed by atoms with Crippen LogP contribution in [-0.2, 0) is 11.2 Å². The van der Waals surface area contributed by atoms with Crippen molar-refractivity contribution in [3.63, 3.8) is 0 Å². The average Bonchev–Trinajstić information content (AvgIpc) is 2.67. The second-order valence-electron chi connectivity index (χ2n) is 3.88. The normalized spacial score (nSPS) is 23.9. The zero-order valence-electron chi connectivity index (χ0n) is 9.06. The Morgan fingerprint density at radius 3 is 3.19 bits per heavy atom. The van der Waals surface area contributed by atoms with E-state index in [9.17, 15) is 9.90 Å². The number of amides is 1. The molecule has 0 aliphatic heterocycles. The molecule has 1 heterocycles. The van der Waals surface area contributed by atoms with Crippen molar-refractivity contribution >= 4 is 22.4 Å². The van der Waals surface area contributed by atoms with Gasteiger partial charge in [0.25, 0.3) is 0 Å². The van der Waals surface area contributed by atoms with Gasteiger partial charge in [0.2, 0.25) is 5.91 Å². The summed E-state index contributed by atoms with van der Waals surface area (Å²) in [5.74, 6) is -0.0649. The van der Waals surface area contributed by atoms with E-state index < -0.39 is 6.10 Å². The predicted octanol–water partition coefficient (Wildman–Crippen LogP) is 0.798. The van der Waals surface area contributed by atoms with Gasteiger partial charge >= 0.3 is 0 Å². The van der Waals surface area contributed by atoms with Crippen LogP contribution in [0.5, 0.6) is 0 Å². The lowest BCUT2D eigenvalue weighted by molar-refractivity contribution is -0.115. The molecule has 5 nitrogen and oxygen atoms in total. The quantitative estimate of drug-likeness (QED) is 0.714. The third-order valence-electron chi connectivity index (χ3n) is 2.68. The first-order valence-corrected chi connectivity index (χ1v) is 6.16. The largest absolute Gasteiger partial charge is 0.386 e. The number of nitrogens with two attached hydrogens (primary N) is 1. The predicted molar refractivity (Wildman–Crippen MR) is 62.3 cm³/mol. The van der Waals surface area contributed by atoms with Crippen molar-refractivity contribution in [3.05, 3.63) is 10.6 Å². The summed E-state index contributed by atoms with van der Waals surface area (Å²) in [7, 11) is 0. The number of aromatic nitrogens is 1. The van der Waals surface area contributed by atoms with Crippen molar-refractivity contribution in [1.82, 2.24) is 4.98 Å². The summed E-state index contributed by atoms with van der Waals surface area (Å²) in [5, 5.41) is 13.1. The molecular weight excluding hydrogens is 226 g/mol. The maximum atomic E-state index is 11.2. The van der Waals surface area contributed by atoms with Crippen molar-refractivity contribution in [2.24, 2.45) is 5.73 Å². The second-order valence-corrected chi connectivity index (χ2v) is 4.91. The van der Waals surface area contributed by atoms with Gasteiger partial charge in [-0.25, -0.2) is 4.98 Å². The number of nitrogens with zero attached hydrogens (tertiary/aromatic N) is 1. The Hall–Kier alpha value is -0.980. The van der Waals surface area contributed by atoms with E-state index in [1.54, 1.807) is 6.92 Å². The highest BCUT2D eigenvalue weighted by Gasteiger charge is 2.28. The number of hydrogen-bond acceptors (Lipinski definition) is 5. The van der Waals surface area contributed by atoms with Gasteiger partial charge in [-0.2, -0.15) is 0 Å². The van der Waals surface area contributed by atoms with Crippen molar-refractivity contribution in [2.75, 3.05) is 5.32 Å². The van der Waals surface area contributed by atoms with Crippen LogP contribution in [0.4, 0.5) is 5.13 Å². The van der Waals surface area contributed by atoms with E-state index in [4.69, 9.17) is 5.73 Å². The van der Waals surface area contributed by atoms with Crippen molar-refractivity contribution in [1.29, 1.82) is 0 Å². The maximum absolute atomic E-state index is 11.2. The molecule has 16 heavy (non-hydrogen) atoms. The molecule has 0 bridgehead atoms. The molecule has 0 saturated carbocycles. The number of rotatable bonds is 2. The van der Waals surface area contributed by atoms with Crippen LogP contribution in [0.2, 0.25) is 0 Å². The van der Waals surface area contributed by atoms with Crippen LogP contribution in [-0.4, -0.2) is 22.0 Å². The zero-order chi connectivity index (χ0) is 11.7. The zero-order valence-corrected chi connectivity index (χ0v) is 9.88. The molecule has 0 spiro atoms. The molecule has 1 aliphatic rings. The lowest BCUT2D eigenvalue weighted by Gasteiger charge is -2.22. The van der Waals surface area contributed by atoms with Gasteiger partial charge in [-0.15, -0.1) is 0 Å². The third kappa shape index (κ3) is 2.09. The first kappa shape index (κ1) is 11.5. The molecule has 1 aromatic heterocycles. The van der Waals surface area contributed by atoms with Crippen molar-refractivity contribution < 1.29 is 9.90 Å². The molecule has 0 fully saturated rings. The molecule has 0 saturated heterocycles. The summed E-state index contributed by atoms with van der Waals surface area (Å²) in [4.78, 5) is 16.3. The Kier molecular flexibility index (Phi) is 3.22. The minimum atomic E-state index is -0.645. The van der Waals surface area contributed by atoms with Crippen LogP contribution in [0.1, 0.15) is 36.4 Å². The van der Waals surface area contributed by atoms with E-state index in [0.29, 0.717) is 11.6 Å². The molecule has 1 amide bonds. The molecule has 88 valence electrons. The maximum Gasteiger partial charge on any atom is 0.225 e. The summed E-state index contributed by atoms with van der Waals surface area (Å²) in [6.45, 7) is 1.79. The molecule has 6 heteroatoms. The Balaban J connectivity index is 2.20. The summed E-state index contributed by atoms with van der Waals surface area (Å²) in [6.07, 6.45) is 1.28. The number of hydrogen-bond donors (Lipinski definition) is 3. The number of thiazole rings is 1.